The fourth-order valence-electron chi connectivity index (χ4n) is 2.60. The summed E-state index contributed by atoms with van der Waals surface area (Å²) in [7, 11) is 0. The molecule has 1 aliphatic heterocycles. The number of anilines is 1. The van der Waals surface area contributed by atoms with Crippen LogP contribution in [0, 0.1) is 0 Å². The molecule has 1 saturated heterocycles. The summed E-state index contributed by atoms with van der Waals surface area (Å²) in [6.07, 6.45) is 3.26. The highest BCUT2D eigenvalue weighted by Crippen LogP contribution is 2.30. The van der Waals surface area contributed by atoms with Crippen molar-refractivity contribution in [1.82, 2.24) is 4.90 Å². The average molecular weight is 301 g/mol. The van der Waals surface area contributed by atoms with Crippen LogP contribution in [0.1, 0.15) is 33.1 Å². The first-order valence-electron chi connectivity index (χ1n) is 6.54. The van der Waals surface area contributed by atoms with Crippen molar-refractivity contribution >= 4 is 34.9 Å². The minimum absolute atomic E-state index is 0.108. The summed E-state index contributed by atoms with van der Waals surface area (Å²) in [5, 5.41) is 3.68. The molecule has 1 aromatic carbocycles. The number of carbonyl (C=O) groups excluding carboxylic acids is 1. The number of likely N-dealkylation sites (tertiary alicyclic amines) is 1. The maximum absolute atomic E-state index is 12.4. The van der Waals surface area contributed by atoms with Gasteiger partial charge in [-0.1, -0.05) is 29.3 Å². The van der Waals surface area contributed by atoms with Crippen LogP contribution in [0.4, 0.5) is 10.5 Å². The van der Waals surface area contributed by atoms with E-state index in [0.717, 1.165) is 12.8 Å². The van der Waals surface area contributed by atoms with Gasteiger partial charge in [-0.15, -0.1) is 0 Å². The molecule has 19 heavy (non-hydrogen) atoms. The second kappa shape index (κ2) is 6.02. The fourth-order valence-corrected chi connectivity index (χ4v) is 2.95. The summed E-state index contributed by atoms with van der Waals surface area (Å²) in [5.74, 6) is 0. The summed E-state index contributed by atoms with van der Waals surface area (Å²) in [4.78, 5) is 14.3. The van der Waals surface area contributed by atoms with Crippen molar-refractivity contribution in [1.29, 1.82) is 0 Å². The number of benzene rings is 1. The number of amides is 2. The Kier molecular flexibility index (Phi) is 4.58. The van der Waals surface area contributed by atoms with Crippen LogP contribution in [-0.2, 0) is 0 Å². The second-order valence-corrected chi connectivity index (χ2v) is 5.85. The number of carbonyl (C=O) groups is 1. The normalized spacial score (nSPS) is 23.3. The first kappa shape index (κ1) is 14.5. The van der Waals surface area contributed by atoms with Crippen molar-refractivity contribution in [2.45, 2.75) is 45.2 Å². The van der Waals surface area contributed by atoms with Gasteiger partial charge in [-0.2, -0.15) is 0 Å². The molecule has 0 bridgehead atoms. The van der Waals surface area contributed by atoms with Crippen molar-refractivity contribution in [2.24, 2.45) is 0 Å². The summed E-state index contributed by atoms with van der Waals surface area (Å²) in [5.41, 5.74) is 0.559. The Hall–Kier alpha value is -0.930. The number of piperidine rings is 1. The zero-order valence-electron chi connectivity index (χ0n) is 11.1. The van der Waals surface area contributed by atoms with E-state index in [0.29, 0.717) is 15.7 Å². The number of hydrogen-bond acceptors (Lipinski definition) is 1. The van der Waals surface area contributed by atoms with E-state index < -0.39 is 0 Å². The van der Waals surface area contributed by atoms with E-state index in [4.69, 9.17) is 23.2 Å². The van der Waals surface area contributed by atoms with Crippen molar-refractivity contribution in [3.05, 3.63) is 28.2 Å². The van der Waals surface area contributed by atoms with Gasteiger partial charge in [0.05, 0.1) is 15.7 Å². The molecule has 0 aliphatic carbocycles. The molecular formula is C14H18Cl2N2O. The molecule has 2 atom stereocenters. The highest BCUT2D eigenvalue weighted by atomic mass is 35.5. The number of urea groups is 1. The van der Waals surface area contributed by atoms with E-state index in [1.165, 1.54) is 6.42 Å². The summed E-state index contributed by atoms with van der Waals surface area (Å²) < 4.78 is 0. The number of nitrogens with one attached hydrogen (secondary N) is 1. The highest BCUT2D eigenvalue weighted by molar-refractivity contribution is 6.43. The number of nitrogens with zero attached hydrogens (tertiary/aromatic N) is 1. The molecule has 0 aromatic heterocycles. The van der Waals surface area contributed by atoms with Crippen LogP contribution in [0.3, 0.4) is 0 Å². The quantitative estimate of drug-likeness (QED) is 0.794. The maximum Gasteiger partial charge on any atom is 0.322 e. The van der Waals surface area contributed by atoms with Gasteiger partial charge in [-0.05, 0) is 45.2 Å². The number of halogens is 2. The van der Waals surface area contributed by atoms with Gasteiger partial charge in [-0.3, -0.25) is 0 Å². The molecule has 3 nitrogen and oxygen atoms in total. The van der Waals surface area contributed by atoms with E-state index in [2.05, 4.69) is 19.2 Å². The van der Waals surface area contributed by atoms with Crippen molar-refractivity contribution in [2.75, 3.05) is 5.32 Å². The first-order chi connectivity index (χ1) is 9.00. The van der Waals surface area contributed by atoms with Crippen LogP contribution >= 0.6 is 23.2 Å². The van der Waals surface area contributed by atoms with Gasteiger partial charge < -0.3 is 10.2 Å². The lowest BCUT2D eigenvalue weighted by atomic mass is 9.98. The standard InChI is InChI=1S/C14H18Cl2N2O/c1-9-5-3-6-10(2)18(9)14(19)17-12-8-4-7-11(15)13(12)16/h4,7-10H,3,5-6H2,1-2H3,(H,17,19)/t9-,10-/m1/s1. The highest BCUT2D eigenvalue weighted by Gasteiger charge is 2.29. The van der Waals surface area contributed by atoms with Gasteiger partial charge in [0.15, 0.2) is 0 Å². The summed E-state index contributed by atoms with van der Waals surface area (Å²) >= 11 is 12.0. The third-order valence-electron chi connectivity index (χ3n) is 3.62. The largest absolute Gasteiger partial charge is 0.322 e. The topological polar surface area (TPSA) is 32.3 Å². The molecule has 104 valence electrons. The van der Waals surface area contributed by atoms with E-state index in [1.807, 2.05) is 4.90 Å². The van der Waals surface area contributed by atoms with Crippen LogP contribution < -0.4 is 5.32 Å². The molecule has 0 unspecified atom stereocenters. The molecule has 0 saturated carbocycles. The molecular weight excluding hydrogens is 283 g/mol. The lowest BCUT2D eigenvalue weighted by Crippen LogP contribution is -2.49. The Balaban J connectivity index is 2.14. The van der Waals surface area contributed by atoms with Crippen molar-refractivity contribution < 1.29 is 4.79 Å². The summed E-state index contributed by atoms with van der Waals surface area (Å²) in [6.45, 7) is 4.16. The van der Waals surface area contributed by atoms with E-state index in [9.17, 15) is 4.79 Å². The van der Waals surface area contributed by atoms with Gasteiger partial charge in [0, 0.05) is 12.1 Å². The lowest BCUT2D eigenvalue weighted by molar-refractivity contribution is 0.133. The Morgan fingerprint density at radius 2 is 1.89 bits per heavy atom. The maximum atomic E-state index is 12.4. The van der Waals surface area contributed by atoms with Crippen LogP contribution in [-0.4, -0.2) is 23.0 Å². The Morgan fingerprint density at radius 1 is 1.26 bits per heavy atom. The Labute approximate surface area is 123 Å². The van der Waals surface area contributed by atoms with Gasteiger partial charge in [0.25, 0.3) is 0 Å². The third kappa shape index (κ3) is 3.15. The fraction of sp³-hybridized carbons (Fsp3) is 0.500. The minimum Gasteiger partial charge on any atom is -0.319 e. The van der Waals surface area contributed by atoms with E-state index in [1.54, 1.807) is 18.2 Å². The zero-order chi connectivity index (χ0) is 14.0. The molecule has 2 amide bonds. The molecule has 2 rings (SSSR count). The SMILES string of the molecule is C[C@@H]1CCC[C@@H](C)N1C(=O)Nc1cccc(Cl)c1Cl. The van der Waals surface area contributed by atoms with Gasteiger partial charge in [-0.25, -0.2) is 4.79 Å². The van der Waals surface area contributed by atoms with Crippen molar-refractivity contribution in [3.63, 3.8) is 0 Å². The van der Waals surface area contributed by atoms with Crippen LogP contribution in [0.15, 0.2) is 18.2 Å². The van der Waals surface area contributed by atoms with Gasteiger partial charge in [0.1, 0.15) is 0 Å². The van der Waals surface area contributed by atoms with Crippen LogP contribution in [0.25, 0.3) is 0 Å². The Bertz CT molecular complexity index is 469. The molecule has 1 aromatic rings. The second-order valence-electron chi connectivity index (χ2n) is 5.07. The van der Waals surface area contributed by atoms with Gasteiger partial charge in [0.2, 0.25) is 0 Å². The predicted octanol–water partition coefficient (Wildman–Crippen LogP) is 4.79. The van der Waals surface area contributed by atoms with E-state index in [-0.39, 0.29) is 18.1 Å². The number of rotatable bonds is 1. The molecule has 0 radical (unpaired) electrons. The predicted molar refractivity (Wildman–Crippen MR) is 80.1 cm³/mol. The molecule has 1 fully saturated rings. The zero-order valence-corrected chi connectivity index (χ0v) is 12.6. The Morgan fingerprint density at radius 3 is 2.53 bits per heavy atom. The third-order valence-corrected chi connectivity index (χ3v) is 4.44. The van der Waals surface area contributed by atoms with E-state index >= 15 is 0 Å². The van der Waals surface area contributed by atoms with Crippen LogP contribution in [0.5, 0.6) is 0 Å². The molecule has 5 heteroatoms. The lowest BCUT2D eigenvalue weighted by Gasteiger charge is -2.38. The summed E-state index contributed by atoms with van der Waals surface area (Å²) in [6, 6.07) is 5.62. The monoisotopic (exact) mass is 300 g/mol. The molecule has 1 heterocycles. The number of hydrogen-bond donors (Lipinski definition) is 1. The first-order valence-corrected chi connectivity index (χ1v) is 7.29. The molecule has 0 spiro atoms. The molecule has 1 N–H and O–H groups in total. The average Bonchev–Trinajstić information content (AvgIpc) is 2.35. The smallest absolute Gasteiger partial charge is 0.319 e. The molecule has 1 aliphatic rings. The minimum atomic E-state index is -0.108. The van der Waals surface area contributed by atoms with Crippen molar-refractivity contribution in [3.8, 4) is 0 Å². The van der Waals surface area contributed by atoms with Gasteiger partial charge >= 0.3 is 6.03 Å². The van der Waals surface area contributed by atoms with Crippen LogP contribution in [0.2, 0.25) is 10.0 Å².